The van der Waals surface area contributed by atoms with Gasteiger partial charge in [0.2, 0.25) is 0 Å². The Labute approximate surface area is 98.8 Å². The molecule has 0 aliphatic heterocycles. The third-order valence-corrected chi connectivity index (χ3v) is 2.51. The predicted octanol–water partition coefficient (Wildman–Crippen LogP) is 1.75. The minimum Gasteiger partial charge on any atom is -0.268 e. The molecule has 0 radical (unpaired) electrons. The molecule has 0 aliphatic carbocycles. The minimum atomic E-state index is -0.324. The van der Waals surface area contributed by atoms with Crippen molar-refractivity contribution in [3.05, 3.63) is 64.6 Å². The molecule has 17 heavy (non-hydrogen) atoms. The fraction of sp³-hybridized carbons (Fsp3) is 0.154. The molecule has 1 heterocycles. The van der Waals surface area contributed by atoms with Gasteiger partial charge in [0, 0.05) is 12.3 Å². The lowest BCUT2D eigenvalue weighted by Gasteiger charge is -2.15. The second kappa shape index (κ2) is 5.08. The normalized spacial score (nSPS) is 11.7. The quantitative estimate of drug-likeness (QED) is 0.799. The van der Waals surface area contributed by atoms with E-state index in [1.54, 1.807) is 12.3 Å². The first-order valence-electron chi connectivity index (χ1n) is 5.28. The van der Waals surface area contributed by atoms with Gasteiger partial charge in [-0.15, -0.1) is 0 Å². The molecule has 1 aromatic heterocycles. The molecule has 2 rings (SSSR count). The summed E-state index contributed by atoms with van der Waals surface area (Å²) in [5.74, 6) is 0. The number of hydrogen-bond acceptors (Lipinski definition) is 3. The Morgan fingerprint density at radius 1 is 1.24 bits per heavy atom. The van der Waals surface area contributed by atoms with E-state index in [-0.39, 0.29) is 18.0 Å². The van der Waals surface area contributed by atoms with Gasteiger partial charge in [0.15, 0.2) is 0 Å². The zero-order valence-corrected chi connectivity index (χ0v) is 9.15. The highest BCUT2D eigenvalue weighted by atomic mass is 16.1. The fourth-order valence-electron chi connectivity index (χ4n) is 1.71. The van der Waals surface area contributed by atoms with Crippen LogP contribution in [0, 0.1) is 11.3 Å². The van der Waals surface area contributed by atoms with E-state index >= 15 is 0 Å². The average molecular weight is 225 g/mol. The van der Waals surface area contributed by atoms with E-state index in [0.717, 1.165) is 5.56 Å². The van der Waals surface area contributed by atoms with Crippen LogP contribution in [0.4, 0.5) is 0 Å². The summed E-state index contributed by atoms with van der Waals surface area (Å²) in [5, 5.41) is 12.9. The minimum absolute atomic E-state index is 0.198. The summed E-state index contributed by atoms with van der Waals surface area (Å²) in [5.41, 5.74) is 0.714. The van der Waals surface area contributed by atoms with Gasteiger partial charge in [-0.05, 0) is 11.6 Å². The van der Waals surface area contributed by atoms with Crippen LogP contribution in [-0.2, 0) is 0 Å². The zero-order valence-electron chi connectivity index (χ0n) is 9.15. The molecule has 0 aliphatic rings. The summed E-state index contributed by atoms with van der Waals surface area (Å²) in [6.07, 6.45) is 1.77. The maximum Gasteiger partial charge on any atom is 0.267 e. The van der Waals surface area contributed by atoms with Gasteiger partial charge in [0.05, 0.1) is 18.5 Å². The number of nitrogens with zero attached hydrogens (tertiary/aromatic N) is 3. The summed E-state index contributed by atoms with van der Waals surface area (Å²) in [7, 11) is 0. The SMILES string of the molecule is N#CCC(c1ccccc1)n1ncccc1=O. The first kappa shape index (κ1) is 11.1. The van der Waals surface area contributed by atoms with Crippen LogP contribution in [0.1, 0.15) is 18.0 Å². The van der Waals surface area contributed by atoms with Crippen LogP contribution < -0.4 is 5.56 Å². The van der Waals surface area contributed by atoms with Crippen molar-refractivity contribution >= 4 is 0 Å². The van der Waals surface area contributed by atoms with Gasteiger partial charge in [-0.1, -0.05) is 30.3 Å². The Morgan fingerprint density at radius 3 is 2.65 bits per heavy atom. The number of aromatic nitrogens is 2. The number of hydrogen-bond donors (Lipinski definition) is 0. The lowest BCUT2D eigenvalue weighted by molar-refractivity contribution is 0.503. The van der Waals surface area contributed by atoms with E-state index in [1.165, 1.54) is 10.7 Å². The van der Waals surface area contributed by atoms with Crippen LogP contribution in [0.5, 0.6) is 0 Å². The summed E-state index contributed by atoms with van der Waals surface area (Å²) in [4.78, 5) is 11.7. The highest BCUT2D eigenvalue weighted by Gasteiger charge is 2.14. The van der Waals surface area contributed by atoms with Crippen molar-refractivity contribution in [2.24, 2.45) is 0 Å². The van der Waals surface area contributed by atoms with Crippen molar-refractivity contribution < 1.29 is 0 Å². The van der Waals surface area contributed by atoms with E-state index in [2.05, 4.69) is 11.2 Å². The van der Waals surface area contributed by atoms with Crippen LogP contribution in [0.2, 0.25) is 0 Å². The Bertz CT molecular complexity index is 583. The van der Waals surface area contributed by atoms with Crippen LogP contribution in [0.25, 0.3) is 0 Å². The molecule has 2 aromatic rings. The molecule has 1 unspecified atom stereocenters. The molecule has 0 saturated heterocycles. The smallest absolute Gasteiger partial charge is 0.267 e. The van der Waals surface area contributed by atoms with E-state index in [4.69, 9.17) is 5.26 Å². The van der Waals surface area contributed by atoms with Crippen LogP contribution in [-0.4, -0.2) is 9.78 Å². The van der Waals surface area contributed by atoms with Crippen molar-refractivity contribution in [1.82, 2.24) is 9.78 Å². The van der Waals surface area contributed by atoms with E-state index in [9.17, 15) is 4.79 Å². The molecule has 1 atom stereocenters. The third kappa shape index (κ3) is 2.40. The largest absolute Gasteiger partial charge is 0.268 e. The molecule has 0 spiro atoms. The molecule has 0 bridgehead atoms. The molecule has 0 N–H and O–H groups in total. The molecule has 1 aromatic carbocycles. The molecule has 0 fully saturated rings. The lowest BCUT2D eigenvalue weighted by Crippen LogP contribution is -2.26. The van der Waals surface area contributed by atoms with Gasteiger partial charge in [-0.25, -0.2) is 4.68 Å². The average Bonchev–Trinajstić information content (AvgIpc) is 2.38. The van der Waals surface area contributed by atoms with E-state index in [1.807, 2.05) is 30.3 Å². The van der Waals surface area contributed by atoms with Crippen molar-refractivity contribution in [2.45, 2.75) is 12.5 Å². The molecule has 84 valence electrons. The number of nitriles is 1. The predicted molar refractivity (Wildman–Crippen MR) is 63.3 cm³/mol. The van der Waals surface area contributed by atoms with Crippen LogP contribution >= 0.6 is 0 Å². The van der Waals surface area contributed by atoms with Gasteiger partial charge < -0.3 is 0 Å². The highest BCUT2D eigenvalue weighted by molar-refractivity contribution is 5.20. The van der Waals surface area contributed by atoms with Crippen LogP contribution in [0.15, 0.2) is 53.5 Å². The molecule has 4 heteroatoms. The lowest BCUT2D eigenvalue weighted by atomic mass is 10.0. The highest BCUT2D eigenvalue weighted by Crippen LogP contribution is 2.18. The number of rotatable bonds is 3. The number of benzene rings is 1. The molecular formula is C13H11N3O. The molecular weight excluding hydrogens is 214 g/mol. The Hall–Kier alpha value is -2.41. The second-order valence-corrected chi connectivity index (χ2v) is 3.60. The Balaban J connectivity index is 2.48. The first-order chi connectivity index (χ1) is 8.33. The maximum atomic E-state index is 11.7. The van der Waals surface area contributed by atoms with Crippen molar-refractivity contribution in [2.75, 3.05) is 0 Å². The Kier molecular flexibility index (Phi) is 3.31. The molecule has 0 amide bonds. The summed E-state index contributed by atoms with van der Waals surface area (Å²) >= 11 is 0. The van der Waals surface area contributed by atoms with Crippen LogP contribution in [0.3, 0.4) is 0 Å². The van der Waals surface area contributed by atoms with Crippen molar-refractivity contribution in [3.8, 4) is 6.07 Å². The standard InChI is InChI=1S/C13H11N3O/c14-9-8-12(11-5-2-1-3-6-11)16-13(17)7-4-10-15-16/h1-7,10,12H,8H2. The first-order valence-corrected chi connectivity index (χ1v) is 5.28. The summed E-state index contributed by atoms with van der Waals surface area (Å²) in [6.45, 7) is 0. The van der Waals surface area contributed by atoms with Gasteiger partial charge in [0.25, 0.3) is 5.56 Å². The third-order valence-electron chi connectivity index (χ3n) is 2.51. The topological polar surface area (TPSA) is 58.7 Å². The molecule has 4 nitrogen and oxygen atoms in total. The van der Waals surface area contributed by atoms with Gasteiger partial charge >= 0.3 is 0 Å². The van der Waals surface area contributed by atoms with E-state index in [0.29, 0.717) is 0 Å². The summed E-state index contributed by atoms with van der Waals surface area (Å²) < 4.78 is 1.35. The summed E-state index contributed by atoms with van der Waals surface area (Å²) in [6, 6.07) is 14.2. The van der Waals surface area contributed by atoms with Crippen molar-refractivity contribution in [1.29, 1.82) is 5.26 Å². The van der Waals surface area contributed by atoms with Gasteiger partial charge in [-0.2, -0.15) is 10.4 Å². The van der Waals surface area contributed by atoms with Crippen molar-refractivity contribution in [3.63, 3.8) is 0 Å². The molecule has 0 saturated carbocycles. The van der Waals surface area contributed by atoms with Gasteiger partial charge in [-0.3, -0.25) is 4.79 Å². The van der Waals surface area contributed by atoms with Gasteiger partial charge in [0.1, 0.15) is 0 Å². The monoisotopic (exact) mass is 225 g/mol. The second-order valence-electron chi connectivity index (χ2n) is 3.60. The fourth-order valence-corrected chi connectivity index (χ4v) is 1.71. The zero-order chi connectivity index (χ0) is 12.1. The van der Waals surface area contributed by atoms with E-state index < -0.39 is 0 Å². The Morgan fingerprint density at radius 2 is 2.00 bits per heavy atom. The maximum absolute atomic E-state index is 11.7.